The van der Waals surface area contributed by atoms with E-state index in [1.54, 1.807) is 0 Å². The lowest BCUT2D eigenvalue weighted by Gasteiger charge is -2.40. The molecule has 0 amide bonds. The van der Waals surface area contributed by atoms with Gasteiger partial charge in [-0.1, -0.05) is 19.0 Å². The van der Waals surface area contributed by atoms with Crippen LogP contribution in [0.15, 0.2) is 0 Å². The van der Waals surface area contributed by atoms with Crippen LogP contribution in [0, 0.1) is 0 Å². The molecule has 1 fully saturated rings. The third kappa shape index (κ3) is 2.67. The Labute approximate surface area is 81.9 Å². The van der Waals surface area contributed by atoms with Gasteiger partial charge in [0.05, 0.1) is 0 Å². The molecule has 0 N–H and O–H groups in total. The van der Waals surface area contributed by atoms with Crippen LogP contribution < -0.4 is 0 Å². The van der Waals surface area contributed by atoms with E-state index in [1.165, 1.54) is 32.4 Å². The van der Waals surface area contributed by atoms with Crippen LogP contribution in [-0.4, -0.2) is 29.3 Å². The first kappa shape index (κ1) is 10.4. The second kappa shape index (κ2) is 4.52. The zero-order chi connectivity index (χ0) is 9.03. The van der Waals surface area contributed by atoms with Crippen LogP contribution in [0.5, 0.6) is 0 Å². The van der Waals surface area contributed by atoms with Crippen molar-refractivity contribution in [2.75, 3.05) is 18.8 Å². The molecule has 0 unspecified atom stereocenters. The summed E-state index contributed by atoms with van der Waals surface area (Å²) in [4.78, 5) is 2.60. The minimum absolute atomic E-state index is 0.349. The van der Waals surface area contributed by atoms with E-state index < -0.39 is 0 Å². The molecule has 71 valence electrons. The number of hydrogen-bond acceptors (Lipinski definition) is 1. The lowest BCUT2D eigenvalue weighted by Crippen LogP contribution is -2.46. The molecule has 0 aliphatic carbocycles. The highest BCUT2D eigenvalue weighted by atomic mass is 32.1. The highest BCUT2D eigenvalue weighted by molar-refractivity contribution is 7.80. The molecule has 12 heavy (non-hydrogen) atoms. The van der Waals surface area contributed by atoms with Crippen molar-refractivity contribution < 1.29 is 0 Å². The zero-order valence-electron chi connectivity index (χ0n) is 8.31. The summed E-state index contributed by atoms with van der Waals surface area (Å²) < 4.78 is 0. The van der Waals surface area contributed by atoms with Gasteiger partial charge in [0, 0.05) is 11.3 Å². The molecule has 0 atom stereocenters. The van der Waals surface area contributed by atoms with Crippen LogP contribution in [0.4, 0.5) is 0 Å². The summed E-state index contributed by atoms with van der Waals surface area (Å²) in [6.45, 7) is 7.21. The Balaban J connectivity index is 2.41. The van der Waals surface area contributed by atoms with Gasteiger partial charge in [0.25, 0.3) is 0 Å². The summed E-state index contributed by atoms with van der Waals surface area (Å²) in [6, 6.07) is 0. The van der Waals surface area contributed by atoms with E-state index in [1.807, 2.05) is 0 Å². The Bertz CT molecular complexity index is 128. The van der Waals surface area contributed by atoms with Crippen LogP contribution in [0.1, 0.15) is 39.5 Å². The summed E-state index contributed by atoms with van der Waals surface area (Å²) in [5, 5.41) is 0. The minimum atomic E-state index is 0.349. The van der Waals surface area contributed by atoms with Gasteiger partial charge in [0.1, 0.15) is 0 Å². The molecule has 0 saturated carbocycles. The van der Waals surface area contributed by atoms with Crippen LogP contribution in [0.3, 0.4) is 0 Å². The van der Waals surface area contributed by atoms with Gasteiger partial charge < -0.3 is 0 Å². The van der Waals surface area contributed by atoms with Gasteiger partial charge >= 0.3 is 0 Å². The van der Waals surface area contributed by atoms with E-state index in [0.29, 0.717) is 5.54 Å². The second-order valence-electron chi connectivity index (χ2n) is 4.31. The summed E-state index contributed by atoms with van der Waals surface area (Å²) in [7, 11) is 0. The fourth-order valence-corrected chi connectivity index (χ4v) is 2.41. The van der Waals surface area contributed by atoms with Crippen LogP contribution in [0.2, 0.25) is 0 Å². The van der Waals surface area contributed by atoms with Crippen molar-refractivity contribution >= 4 is 12.6 Å². The topological polar surface area (TPSA) is 3.24 Å². The first-order valence-electron chi connectivity index (χ1n) is 5.00. The molecular weight excluding hydrogens is 166 g/mol. The first-order valence-corrected chi connectivity index (χ1v) is 5.58. The normalized spacial score (nSPS) is 21.2. The number of likely N-dealkylation sites (tertiary alicyclic amines) is 1. The fourth-order valence-electron chi connectivity index (χ4n) is 1.91. The van der Waals surface area contributed by atoms with Gasteiger partial charge in [-0.15, -0.1) is 0 Å². The molecule has 0 aromatic rings. The predicted octanol–water partition coefficient (Wildman–Crippen LogP) is 2.84. The van der Waals surface area contributed by atoms with Crippen LogP contribution in [0.25, 0.3) is 0 Å². The Hall–Kier alpha value is 0.310. The van der Waals surface area contributed by atoms with Crippen molar-refractivity contribution in [3.63, 3.8) is 0 Å². The minimum Gasteiger partial charge on any atom is -0.298 e. The number of rotatable bonds is 3. The van der Waals surface area contributed by atoms with Crippen LogP contribution >= 0.6 is 12.6 Å². The maximum atomic E-state index is 5.04. The number of hydrogen-bond donors (Lipinski definition) is 0. The van der Waals surface area contributed by atoms with Crippen molar-refractivity contribution in [2.24, 2.45) is 0 Å². The molecule has 1 aliphatic heterocycles. The van der Waals surface area contributed by atoms with Crippen molar-refractivity contribution in [3.05, 3.63) is 0 Å². The Morgan fingerprint density at radius 2 is 1.75 bits per heavy atom. The zero-order valence-corrected chi connectivity index (χ0v) is 9.12. The van der Waals surface area contributed by atoms with Gasteiger partial charge in [-0.25, -0.2) is 0 Å². The largest absolute Gasteiger partial charge is 0.298 e. The number of piperidine rings is 1. The molecule has 2 heteroatoms. The quantitative estimate of drug-likeness (QED) is 0.655. The summed E-state index contributed by atoms with van der Waals surface area (Å²) in [5.41, 5.74) is 0.349. The van der Waals surface area contributed by atoms with Gasteiger partial charge in [0.2, 0.25) is 0 Å². The van der Waals surface area contributed by atoms with E-state index in [2.05, 4.69) is 18.7 Å². The van der Waals surface area contributed by atoms with Crippen molar-refractivity contribution in [1.82, 2.24) is 4.90 Å². The molecule has 1 heterocycles. The van der Waals surface area contributed by atoms with E-state index in [-0.39, 0.29) is 0 Å². The molecule has 1 rings (SSSR count). The van der Waals surface area contributed by atoms with Crippen molar-refractivity contribution in [1.29, 1.82) is 0 Å². The molecule has 0 bridgehead atoms. The van der Waals surface area contributed by atoms with Gasteiger partial charge in [-0.05, 0) is 46.2 Å². The molecule has 1 radical (unpaired) electrons. The maximum Gasteiger partial charge on any atom is 0.0161 e. The van der Waals surface area contributed by atoms with Gasteiger partial charge in [0.15, 0.2) is 0 Å². The standard InChI is InChI=1S/C10H20NS/c1-10(2,6-9-12)11-7-4-3-5-8-11/h3-9H2,1-2H3. The Morgan fingerprint density at radius 1 is 1.17 bits per heavy atom. The molecule has 0 aromatic carbocycles. The van der Waals surface area contributed by atoms with Gasteiger partial charge in [-0.2, -0.15) is 0 Å². The smallest absolute Gasteiger partial charge is 0.0161 e. The molecule has 1 nitrogen and oxygen atoms in total. The molecule has 1 aliphatic rings. The fraction of sp³-hybridized carbons (Fsp3) is 1.00. The number of nitrogens with zero attached hydrogens (tertiary/aromatic N) is 1. The summed E-state index contributed by atoms with van der Waals surface area (Å²) in [6.07, 6.45) is 5.32. The van der Waals surface area contributed by atoms with Crippen LogP contribution in [-0.2, 0) is 0 Å². The SMILES string of the molecule is CC(C)(CC[S])N1CCCCC1. The molecular formula is C10H20NS. The van der Waals surface area contributed by atoms with Gasteiger partial charge in [-0.3, -0.25) is 4.90 Å². The highest BCUT2D eigenvalue weighted by Crippen LogP contribution is 2.23. The van der Waals surface area contributed by atoms with E-state index >= 15 is 0 Å². The lowest BCUT2D eigenvalue weighted by atomic mass is 9.96. The first-order chi connectivity index (χ1) is 5.67. The average molecular weight is 186 g/mol. The summed E-state index contributed by atoms with van der Waals surface area (Å²) >= 11 is 5.04. The molecule has 1 saturated heterocycles. The Kier molecular flexibility index (Phi) is 3.91. The maximum absolute atomic E-state index is 5.04. The average Bonchev–Trinajstić information content (AvgIpc) is 2.06. The van der Waals surface area contributed by atoms with Crippen molar-refractivity contribution in [3.8, 4) is 0 Å². The predicted molar refractivity (Wildman–Crippen MR) is 56.6 cm³/mol. The van der Waals surface area contributed by atoms with E-state index in [9.17, 15) is 0 Å². The molecule has 0 spiro atoms. The lowest BCUT2D eigenvalue weighted by molar-refractivity contribution is 0.0932. The third-order valence-corrected chi connectivity index (χ3v) is 3.13. The third-order valence-electron chi connectivity index (χ3n) is 2.93. The van der Waals surface area contributed by atoms with E-state index in [4.69, 9.17) is 12.6 Å². The second-order valence-corrected chi connectivity index (χ2v) is 4.72. The molecule has 0 aromatic heterocycles. The summed E-state index contributed by atoms with van der Waals surface area (Å²) in [5.74, 6) is 0.892. The highest BCUT2D eigenvalue weighted by Gasteiger charge is 2.26. The monoisotopic (exact) mass is 186 g/mol. The Morgan fingerprint density at radius 3 is 2.25 bits per heavy atom. The van der Waals surface area contributed by atoms with E-state index in [0.717, 1.165) is 12.2 Å². The van der Waals surface area contributed by atoms with Crippen molar-refractivity contribution in [2.45, 2.75) is 45.1 Å².